The lowest BCUT2D eigenvalue weighted by molar-refractivity contribution is -0.152. The lowest BCUT2D eigenvalue weighted by atomic mass is 9.97. The number of hydrogen-bond acceptors (Lipinski definition) is 11. The fraction of sp³-hybridized carbons (Fsp3) is 0.554. The van der Waals surface area contributed by atoms with E-state index in [2.05, 4.69) is 16.0 Å². The summed E-state index contributed by atoms with van der Waals surface area (Å²) in [7, 11) is 10.9. The van der Waals surface area contributed by atoms with Gasteiger partial charge in [0.05, 0.1) is 25.2 Å². The van der Waals surface area contributed by atoms with E-state index >= 15 is 4.79 Å². The predicted octanol–water partition coefficient (Wildman–Crippen LogP) is 4.30. The van der Waals surface area contributed by atoms with Crippen molar-refractivity contribution in [1.82, 2.24) is 55.1 Å². The number of hydrogen-bond donors (Lipinski definition) is 3. The van der Waals surface area contributed by atoms with Crippen molar-refractivity contribution in [3.63, 3.8) is 0 Å². The highest BCUT2D eigenvalue weighted by Gasteiger charge is 2.41. The average molecular weight is 1290 g/mol. The standard InChI is InChI=1S/C65H91ClF3N11O11/c1-16-40(4)57-64(91)75(10)37-55(83)73(8)38-56(84)78(13)51(35-46-24-29-48(66)30-25-46)62(89)74(9)36-53(81)71-49(31-26-44-22-27-47(28-23-44)65(67,68)69)61(88)77(12)43(7)60(87)80(15)52(34-45-20-18-17-19-21-45)63(90)79(14)50(32-39(2)3)59(86)70-41(5)33-54(82)76(11)42(6)58(85)72-57/h17-25,27-30,39-43,49-52,57H,16,26,31-38H2,1-15H3,(H,70,86)(H,71,81)(H,72,85)/t40?,41-,42+,43+,49+,50+,51+,52+,57+/m1/s1. The summed E-state index contributed by atoms with van der Waals surface area (Å²) >= 11 is 6.19. The van der Waals surface area contributed by atoms with Gasteiger partial charge >= 0.3 is 6.18 Å². The summed E-state index contributed by atoms with van der Waals surface area (Å²) in [5, 5.41) is 8.68. The highest BCUT2D eigenvalue weighted by molar-refractivity contribution is 6.30. The molecule has 0 aromatic heterocycles. The molecule has 500 valence electrons. The molecule has 0 bridgehead atoms. The van der Waals surface area contributed by atoms with Crippen LogP contribution in [0.3, 0.4) is 0 Å². The van der Waals surface area contributed by atoms with Gasteiger partial charge in [0.1, 0.15) is 42.3 Å². The number of likely N-dealkylation sites (N-methyl/N-ethyl adjacent to an activating group) is 8. The largest absolute Gasteiger partial charge is 0.416 e. The Morgan fingerprint density at radius 3 is 1.60 bits per heavy atom. The number of benzene rings is 3. The summed E-state index contributed by atoms with van der Waals surface area (Å²) in [6, 6.07) is 9.79. The summed E-state index contributed by atoms with van der Waals surface area (Å²) in [4.78, 5) is 167. The third-order valence-corrected chi connectivity index (χ3v) is 17.2. The second-order valence-corrected chi connectivity index (χ2v) is 24.8. The smallest absolute Gasteiger partial charge is 0.351 e. The van der Waals surface area contributed by atoms with Gasteiger partial charge in [0.2, 0.25) is 65.0 Å². The molecule has 0 aliphatic carbocycles. The molecule has 91 heavy (non-hydrogen) atoms. The Morgan fingerprint density at radius 1 is 0.516 bits per heavy atom. The van der Waals surface area contributed by atoms with Crippen molar-refractivity contribution < 1.29 is 65.9 Å². The Morgan fingerprint density at radius 2 is 1.04 bits per heavy atom. The molecule has 3 aromatic carbocycles. The molecule has 1 heterocycles. The van der Waals surface area contributed by atoms with E-state index in [9.17, 15) is 61.1 Å². The Labute approximate surface area is 537 Å². The van der Waals surface area contributed by atoms with Gasteiger partial charge in [0, 0.05) is 86.7 Å². The number of halogens is 4. The van der Waals surface area contributed by atoms with E-state index in [1.165, 1.54) is 97.1 Å². The maximum Gasteiger partial charge on any atom is 0.416 e. The van der Waals surface area contributed by atoms with Gasteiger partial charge in [-0.25, -0.2) is 0 Å². The van der Waals surface area contributed by atoms with Crippen LogP contribution in [-0.2, 0) is 78.2 Å². The molecule has 1 fully saturated rings. The molecule has 3 N–H and O–H groups in total. The maximum atomic E-state index is 15.1. The van der Waals surface area contributed by atoms with Gasteiger partial charge in [-0.2, -0.15) is 13.2 Å². The number of aryl methyl sites for hydroxylation is 1. The lowest BCUT2D eigenvalue weighted by Crippen LogP contribution is -2.59. The normalized spacial score (nSPS) is 23.8. The van der Waals surface area contributed by atoms with Crippen molar-refractivity contribution in [2.75, 3.05) is 76.0 Å². The molecule has 22 nitrogen and oxygen atoms in total. The van der Waals surface area contributed by atoms with Crippen LogP contribution in [0.25, 0.3) is 0 Å². The van der Waals surface area contributed by atoms with Crippen LogP contribution in [0.5, 0.6) is 0 Å². The highest BCUT2D eigenvalue weighted by Crippen LogP contribution is 2.30. The van der Waals surface area contributed by atoms with Gasteiger partial charge in [-0.1, -0.05) is 100 Å². The minimum Gasteiger partial charge on any atom is -0.351 e. The van der Waals surface area contributed by atoms with E-state index in [-0.39, 0.29) is 44.4 Å². The number of rotatable bonds is 11. The van der Waals surface area contributed by atoms with E-state index < -0.39 is 151 Å². The molecular formula is C65H91ClF3N11O11. The van der Waals surface area contributed by atoms with Crippen LogP contribution in [-0.4, -0.2) is 229 Å². The minimum atomic E-state index is -4.63. The zero-order valence-electron chi connectivity index (χ0n) is 54.9. The molecule has 1 saturated heterocycles. The Bertz CT molecular complexity index is 3050. The van der Waals surface area contributed by atoms with E-state index in [0.29, 0.717) is 28.1 Å². The number of nitrogens with one attached hydrogen (secondary N) is 3. The molecule has 0 saturated carbocycles. The van der Waals surface area contributed by atoms with Crippen molar-refractivity contribution in [3.05, 3.63) is 106 Å². The van der Waals surface area contributed by atoms with Gasteiger partial charge < -0.3 is 55.1 Å². The molecule has 11 amide bonds. The van der Waals surface area contributed by atoms with Crippen LogP contribution in [0.4, 0.5) is 13.2 Å². The van der Waals surface area contributed by atoms with Crippen molar-refractivity contribution in [2.45, 2.75) is 148 Å². The highest BCUT2D eigenvalue weighted by atomic mass is 35.5. The number of nitrogens with zero attached hydrogens (tertiary/aromatic N) is 8. The summed E-state index contributed by atoms with van der Waals surface area (Å²) in [5.74, 6) is -8.30. The molecule has 9 atom stereocenters. The van der Waals surface area contributed by atoms with Gasteiger partial charge in [-0.3, -0.25) is 52.7 Å². The van der Waals surface area contributed by atoms with Crippen molar-refractivity contribution in [1.29, 1.82) is 0 Å². The SMILES string of the molecule is CCC(C)[C@@H]1NC(=O)[C@H](C)N(C)C(=O)C[C@@H](C)NC(=O)[C@H](CC(C)C)N(C)C(=O)[C@H](Cc2ccccc2)N(C)C(=O)[C@H](C)N(C)C(=O)[C@H](CCc2ccc(C(F)(F)F)cc2)NC(=O)CN(C)C(=O)[C@H](Cc2ccc(Cl)cc2)N(C)C(=O)CN(C)C(=O)CN(C)C1=O. The third-order valence-electron chi connectivity index (χ3n) is 16.9. The number of amides is 11. The third kappa shape index (κ3) is 21.2. The van der Waals surface area contributed by atoms with E-state index in [1.807, 2.05) is 20.8 Å². The van der Waals surface area contributed by atoms with Crippen LogP contribution in [0.2, 0.25) is 5.02 Å². The molecule has 1 aliphatic rings. The Hall–Kier alpha value is -8.09. The van der Waals surface area contributed by atoms with Crippen molar-refractivity contribution >= 4 is 76.6 Å². The molecule has 0 spiro atoms. The summed E-state index contributed by atoms with van der Waals surface area (Å²) in [6.07, 6.45) is -4.76. The van der Waals surface area contributed by atoms with E-state index in [1.54, 1.807) is 68.4 Å². The monoisotopic (exact) mass is 1290 g/mol. The zero-order chi connectivity index (χ0) is 68.5. The second-order valence-electron chi connectivity index (χ2n) is 24.4. The van der Waals surface area contributed by atoms with Crippen LogP contribution in [0.1, 0.15) is 96.4 Å². The van der Waals surface area contributed by atoms with E-state index in [0.717, 1.165) is 36.6 Å². The van der Waals surface area contributed by atoms with Crippen LogP contribution >= 0.6 is 11.6 Å². The Kier molecular flexibility index (Phi) is 28.0. The fourth-order valence-corrected chi connectivity index (χ4v) is 10.5. The first kappa shape index (κ1) is 75.4. The van der Waals surface area contributed by atoms with Gasteiger partial charge in [0.25, 0.3) is 0 Å². The Balaban J connectivity index is 1.83. The quantitative estimate of drug-likeness (QED) is 0.244. The molecule has 26 heteroatoms. The van der Waals surface area contributed by atoms with Crippen LogP contribution < -0.4 is 16.0 Å². The molecule has 0 radical (unpaired) electrons. The van der Waals surface area contributed by atoms with E-state index in [4.69, 9.17) is 11.6 Å². The first-order valence-electron chi connectivity index (χ1n) is 30.4. The van der Waals surface area contributed by atoms with Crippen molar-refractivity contribution in [3.8, 4) is 0 Å². The van der Waals surface area contributed by atoms with Gasteiger partial charge in [-0.15, -0.1) is 0 Å². The summed E-state index contributed by atoms with van der Waals surface area (Å²) < 4.78 is 40.8. The average Bonchev–Trinajstić information content (AvgIpc) is 0.899. The number of alkyl halides is 3. The van der Waals surface area contributed by atoms with Crippen LogP contribution in [0, 0.1) is 11.8 Å². The molecule has 3 aromatic rings. The minimum absolute atomic E-state index is 0.0438. The molecule has 1 unspecified atom stereocenters. The lowest BCUT2D eigenvalue weighted by Gasteiger charge is -2.37. The maximum absolute atomic E-state index is 15.1. The fourth-order valence-electron chi connectivity index (χ4n) is 10.4. The van der Waals surface area contributed by atoms with Crippen molar-refractivity contribution in [2.24, 2.45) is 11.8 Å². The topological polar surface area (TPSA) is 250 Å². The second kappa shape index (κ2) is 33.8. The summed E-state index contributed by atoms with van der Waals surface area (Å²) in [6.45, 7) is 9.91. The zero-order valence-corrected chi connectivity index (χ0v) is 55.7. The summed E-state index contributed by atoms with van der Waals surface area (Å²) in [5.41, 5.74) is 0.664. The predicted molar refractivity (Wildman–Crippen MR) is 337 cm³/mol. The van der Waals surface area contributed by atoms with Gasteiger partial charge in [-0.05, 0) is 92.8 Å². The van der Waals surface area contributed by atoms with Crippen LogP contribution in [0.15, 0.2) is 78.9 Å². The number of carbonyl (C=O) groups excluding carboxylic acids is 11. The molecule has 4 rings (SSSR count). The molecule has 1 aliphatic heterocycles. The first-order chi connectivity index (χ1) is 42.5. The van der Waals surface area contributed by atoms with Gasteiger partial charge in [0.15, 0.2) is 0 Å². The number of carbonyl (C=O) groups is 11. The molecular weight excluding hydrogens is 1200 g/mol. The first-order valence-corrected chi connectivity index (χ1v) is 30.8.